The Labute approximate surface area is 196 Å². The van der Waals surface area contributed by atoms with Gasteiger partial charge in [0, 0.05) is 44.3 Å². The molecule has 0 N–H and O–H groups in total. The summed E-state index contributed by atoms with van der Waals surface area (Å²) in [5.74, 6) is 1.74. The summed E-state index contributed by atoms with van der Waals surface area (Å²) in [5, 5.41) is 0. The van der Waals surface area contributed by atoms with E-state index < -0.39 is 11.6 Å². The number of benzene rings is 1. The largest absolute Gasteiger partial charge is 0.379 e. The summed E-state index contributed by atoms with van der Waals surface area (Å²) in [4.78, 5) is 27.1. The van der Waals surface area contributed by atoms with Crippen LogP contribution in [0.15, 0.2) is 24.3 Å². The van der Waals surface area contributed by atoms with Crippen LogP contribution in [0.4, 0.5) is 0 Å². The Bertz CT molecular complexity index is 803. The van der Waals surface area contributed by atoms with Crippen molar-refractivity contribution in [2.24, 2.45) is 23.7 Å². The van der Waals surface area contributed by atoms with Crippen LogP contribution in [0.1, 0.15) is 74.8 Å². The molecule has 0 atom stereocenters. The molecule has 2 aliphatic heterocycles. The van der Waals surface area contributed by atoms with Crippen molar-refractivity contribution in [3.63, 3.8) is 0 Å². The number of hydrogen-bond donors (Lipinski definition) is 0. The summed E-state index contributed by atoms with van der Waals surface area (Å²) in [5.41, 5.74) is 2.81. The van der Waals surface area contributed by atoms with Crippen LogP contribution >= 0.6 is 0 Å². The van der Waals surface area contributed by atoms with Crippen LogP contribution in [-0.2, 0) is 30.8 Å². The lowest BCUT2D eigenvalue weighted by Crippen LogP contribution is -2.64. The van der Waals surface area contributed by atoms with E-state index in [2.05, 4.69) is 29.2 Å². The van der Waals surface area contributed by atoms with E-state index in [1.165, 1.54) is 43.2 Å². The Morgan fingerprint density at radius 1 is 0.758 bits per heavy atom. The monoisotopic (exact) mass is 455 g/mol. The highest BCUT2D eigenvalue weighted by Gasteiger charge is 2.64. The number of hydrogen-bond acceptors (Lipinski definition) is 6. The van der Waals surface area contributed by atoms with Crippen molar-refractivity contribution in [3.8, 4) is 0 Å². The first kappa shape index (κ1) is 21.3. The summed E-state index contributed by atoms with van der Waals surface area (Å²) < 4.78 is 5.46. The standard InChI is InChI=1S/C27H37NO5/c1-3-22(4-2-19(1)18-28-9-11-29-12-10-28)23-5-7-26(8-6-23)30-32-27(33-31-26)24-14-20-13-21(16-24)17-25(27)15-20/h1-4,20-21,23-25H,5-18H2. The minimum absolute atomic E-state index is 0.429. The molecule has 0 radical (unpaired) electrons. The van der Waals surface area contributed by atoms with Gasteiger partial charge in [-0.25, -0.2) is 0 Å². The van der Waals surface area contributed by atoms with Crippen molar-refractivity contribution < 1.29 is 24.3 Å². The SMILES string of the molecule is c1cc(C2CCC3(CC2)OOC2(OO3)C3CC4CC(C3)CC2C4)ccc1CN1CCOCC1. The highest BCUT2D eigenvalue weighted by molar-refractivity contribution is 5.26. The zero-order chi connectivity index (χ0) is 21.9. The van der Waals surface area contributed by atoms with Crippen molar-refractivity contribution in [2.45, 2.75) is 81.8 Å². The molecule has 6 heteroatoms. The minimum atomic E-state index is -0.729. The van der Waals surface area contributed by atoms with E-state index in [9.17, 15) is 0 Å². The second-order valence-corrected chi connectivity index (χ2v) is 11.7. The van der Waals surface area contributed by atoms with Crippen LogP contribution in [0, 0.1) is 23.7 Å². The maximum absolute atomic E-state index is 6.20. The van der Waals surface area contributed by atoms with Crippen LogP contribution in [0.3, 0.4) is 0 Å². The number of ether oxygens (including phenoxy) is 1. The lowest BCUT2D eigenvalue weighted by atomic mass is 9.53. The zero-order valence-electron chi connectivity index (χ0n) is 19.6. The van der Waals surface area contributed by atoms with E-state index in [1.807, 2.05) is 0 Å². The molecule has 33 heavy (non-hydrogen) atoms. The summed E-state index contributed by atoms with van der Waals surface area (Å²) in [7, 11) is 0. The predicted octanol–water partition coefficient (Wildman–Crippen LogP) is 4.94. The molecule has 2 heterocycles. The van der Waals surface area contributed by atoms with Gasteiger partial charge in [0.1, 0.15) is 0 Å². The van der Waals surface area contributed by atoms with Gasteiger partial charge in [0.25, 0.3) is 0 Å². The molecule has 1 aromatic carbocycles. The molecule has 1 aromatic rings. The van der Waals surface area contributed by atoms with Gasteiger partial charge in [0.05, 0.1) is 13.2 Å². The Kier molecular flexibility index (Phi) is 5.34. The zero-order valence-corrected chi connectivity index (χ0v) is 19.6. The van der Waals surface area contributed by atoms with Gasteiger partial charge in [-0.2, -0.15) is 19.6 Å². The molecule has 8 rings (SSSR count). The Hall–Kier alpha value is -1.02. The van der Waals surface area contributed by atoms with Gasteiger partial charge in [-0.1, -0.05) is 24.3 Å². The molecular formula is C27H37NO5. The maximum Gasteiger partial charge on any atom is 0.239 e. The molecule has 4 bridgehead atoms. The summed E-state index contributed by atoms with van der Waals surface area (Å²) in [6, 6.07) is 9.23. The second kappa shape index (κ2) is 8.28. The normalized spacial score (nSPS) is 45.2. The summed E-state index contributed by atoms with van der Waals surface area (Å²) in [6.45, 7) is 4.77. The summed E-state index contributed by atoms with van der Waals surface area (Å²) in [6.07, 6.45) is 9.90. The van der Waals surface area contributed by atoms with Crippen molar-refractivity contribution in [1.29, 1.82) is 0 Å². The van der Waals surface area contributed by atoms with Crippen molar-refractivity contribution in [2.75, 3.05) is 26.3 Å². The predicted molar refractivity (Wildman–Crippen MR) is 121 cm³/mol. The topological polar surface area (TPSA) is 49.4 Å². The van der Waals surface area contributed by atoms with Crippen molar-refractivity contribution in [1.82, 2.24) is 4.90 Å². The van der Waals surface area contributed by atoms with Crippen LogP contribution in [0.5, 0.6) is 0 Å². The average Bonchev–Trinajstić information content (AvgIpc) is 2.85. The van der Waals surface area contributed by atoms with Gasteiger partial charge in [0.15, 0.2) is 0 Å². The van der Waals surface area contributed by atoms with Crippen molar-refractivity contribution in [3.05, 3.63) is 35.4 Å². The first-order chi connectivity index (χ1) is 16.2. The Balaban J connectivity index is 0.951. The molecule has 7 aliphatic rings. The van der Waals surface area contributed by atoms with E-state index in [1.54, 1.807) is 0 Å². The van der Waals surface area contributed by atoms with E-state index in [0.29, 0.717) is 17.8 Å². The third-order valence-electron chi connectivity index (χ3n) is 9.63. The molecule has 0 unspecified atom stereocenters. The molecule has 0 amide bonds. The number of morpholine rings is 1. The average molecular weight is 456 g/mol. The number of nitrogens with zero attached hydrogens (tertiary/aromatic N) is 1. The quantitative estimate of drug-likeness (QED) is 0.602. The van der Waals surface area contributed by atoms with Crippen LogP contribution < -0.4 is 0 Å². The fraction of sp³-hybridized carbons (Fsp3) is 0.778. The highest BCUT2D eigenvalue weighted by atomic mass is 17.4. The first-order valence-electron chi connectivity index (χ1n) is 13.3. The molecule has 5 saturated carbocycles. The summed E-state index contributed by atoms with van der Waals surface area (Å²) >= 11 is 0. The fourth-order valence-electron chi connectivity index (χ4n) is 7.89. The van der Waals surface area contributed by atoms with E-state index in [4.69, 9.17) is 24.3 Å². The van der Waals surface area contributed by atoms with Crippen LogP contribution in [-0.4, -0.2) is 42.8 Å². The van der Waals surface area contributed by atoms with Gasteiger partial charge in [-0.05, 0) is 73.8 Å². The molecule has 2 saturated heterocycles. The lowest BCUT2D eigenvalue weighted by molar-refractivity contribution is -0.680. The molecule has 180 valence electrons. The Morgan fingerprint density at radius 3 is 1.97 bits per heavy atom. The Morgan fingerprint density at radius 2 is 1.36 bits per heavy atom. The maximum atomic E-state index is 6.20. The lowest BCUT2D eigenvalue weighted by Gasteiger charge is -2.60. The minimum Gasteiger partial charge on any atom is -0.379 e. The molecule has 2 spiro atoms. The van der Waals surface area contributed by atoms with E-state index in [0.717, 1.165) is 70.4 Å². The van der Waals surface area contributed by atoms with Crippen LogP contribution in [0.2, 0.25) is 0 Å². The molecule has 7 fully saturated rings. The highest BCUT2D eigenvalue weighted by Crippen LogP contribution is 2.62. The third-order valence-corrected chi connectivity index (χ3v) is 9.63. The van der Waals surface area contributed by atoms with Gasteiger partial charge in [-0.3, -0.25) is 4.90 Å². The van der Waals surface area contributed by atoms with E-state index in [-0.39, 0.29) is 0 Å². The van der Waals surface area contributed by atoms with Crippen molar-refractivity contribution >= 4 is 0 Å². The molecule has 5 aliphatic carbocycles. The second-order valence-electron chi connectivity index (χ2n) is 11.7. The van der Waals surface area contributed by atoms with Gasteiger partial charge >= 0.3 is 0 Å². The number of rotatable bonds is 3. The van der Waals surface area contributed by atoms with Gasteiger partial charge in [0.2, 0.25) is 11.6 Å². The molecule has 0 aromatic heterocycles. The fourth-order valence-corrected chi connectivity index (χ4v) is 7.89. The van der Waals surface area contributed by atoms with E-state index >= 15 is 0 Å². The van der Waals surface area contributed by atoms with Crippen LogP contribution in [0.25, 0.3) is 0 Å². The smallest absolute Gasteiger partial charge is 0.239 e. The van der Waals surface area contributed by atoms with Gasteiger partial charge < -0.3 is 4.74 Å². The molecular weight excluding hydrogens is 418 g/mol. The molecule has 6 nitrogen and oxygen atoms in total. The third kappa shape index (κ3) is 3.78. The first-order valence-corrected chi connectivity index (χ1v) is 13.3. The van der Waals surface area contributed by atoms with Gasteiger partial charge in [-0.15, -0.1) is 0 Å².